The Morgan fingerprint density at radius 3 is 2.38 bits per heavy atom. The van der Waals surface area contributed by atoms with E-state index in [1.54, 1.807) is 30.3 Å². The molecule has 0 fully saturated rings. The summed E-state index contributed by atoms with van der Waals surface area (Å²) in [7, 11) is 0. The van der Waals surface area contributed by atoms with Crippen LogP contribution in [0.25, 0.3) is 0 Å². The SMILES string of the molecule is C[C@@H]1NC(=O)[C@H]([C@@H](C)O)NC(=O)c2cc(ccc2O)Oc2ccc(cc2)C[C@@H](C(=O)NCc2ccccc2F)NC1=O. The summed E-state index contributed by atoms with van der Waals surface area (Å²) in [5.41, 5.74) is 0.730. The summed E-state index contributed by atoms with van der Waals surface area (Å²) < 4.78 is 19.9. The van der Waals surface area contributed by atoms with Crippen LogP contribution in [-0.4, -0.2) is 58.1 Å². The predicted molar refractivity (Wildman–Crippen MR) is 149 cm³/mol. The van der Waals surface area contributed by atoms with Crippen LogP contribution in [0.3, 0.4) is 0 Å². The molecule has 3 aromatic rings. The molecule has 4 bridgehead atoms. The summed E-state index contributed by atoms with van der Waals surface area (Å²) in [6.07, 6.45) is -1.31. The second-order valence-corrected chi connectivity index (χ2v) is 9.92. The molecule has 42 heavy (non-hydrogen) atoms. The lowest BCUT2D eigenvalue weighted by Gasteiger charge is -2.25. The number of ether oxygens (including phenoxy) is 1. The van der Waals surface area contributed by atoms with Gasteiger partial charge in [-0.3, -0.25) is 19.2 Å². The first-order chi connectivity index (χ1) is 20.0. The molecule has 0 aromatic heterocycles. The molecule has 6 N–H and O–H groups in total. The van der Waals surface area contributed by atoms with E-state index in [4.69, 9.17) is 4.74 Å². The molecular formula is C30H31FN4O7. The second-order valence-electron chi connectivity index (χ2n) is 9.92. The van der Waals surface area contributed by atoms with Crippen molar-refractivity contribution in [3.63, 3.8) is 0 Å². The van der Waals surface area contributed by atoms with E-state index >= 15 is 0 Å². The Balaban J connectivity index is 1.64. The van der Waals surface area contributed by atoms with Gasteiger partial charge in [0.25, 0.3) is 5.91 Å². The van der Waals surface area contributed by atoms with Crippen molar-refractivity contribution in [3.8, 4) is 17.2 Å². The fraction of sp³-hybridized carbons (Fsp3) is 0.267. The summed E-state index contributed by atoms with van der Waals surface area (Å²) in [5.74, 6) is -3.28. The Hall–Kier alpha value is -4.97. The number of rotatable bonds is 4. The van der Waals surface area contributed by atoms with Crippen molar-refractivity contribution in [3.05, 3.63) is 89.2 Å². The van der Waals surface area contributed by atoms with Gasteiger partial charge in [-0.2, -0.15) is 0 Å². The maximum absolute atomic E-state index is 14.1. The number of benzene rings is 3. The maximum Gasteiger partial charge on any atom is 0.255 e. The average Bonchev–Trinajstić information content (AvgIpc) is 2.96. The Bertz CT molecular complexity index is 1480. The van der Waals surface area contributed by atoms with Gasteiger partial charge < -0.3 is 36.2 Å². The highest BCUT2D eigenvalue weighted by atomic mass is 19.1. The molecule has 0 saturated heterocycles. The number of hydrogen-bond donors (Lipinski definition) is 6. The number of nitrogens with one attached hydrogen (secondary N) is 4. The molecule has 0 spiro atoms. The van der Waals surface area contributed by atoms with Crippen LogP contribution in [0.2, 0.25) is 0 Å². The number of amides is 4. The minimum Gasteiger partial charge on any atom is -0.507 e. The fourth-order valence-corrected chi connectivity index (χ4v) is 4.27. The van der Waals surface area contributed by atoms with Crippen LogP contribution in [-0.2, 0) is 27.3 Å². The Kier molecular flexibility index (Phi) is 9.38. The summed E-state index contributed by atoms with van der Waals surface area (Å²) in [6.45, 7) is 2.55. The van der Waals surface area contributed by atoms with Crippen LogP contribution in [0.15, 0.2) is 66.7 Å². The molecule has 2 heterocycles. The number of phenols is 1. The van der Waals surface area contributed by atoms with Crippen LogP contribution in [0.1, 0.15) is 35.3 Å². The van der Waals surface area contributed by atoms with E-state index in [2.05, 4.69) is 21.3 Å². The largest absolute Gasteiger partial charge is 0.507 e. The molecule has 0 radical (unpaired) electrons. The number of halogens is 1. The van der Waals surface area contributed by atoms with E-state index in [-0.39, 0.29) is 35.6 Å². The highest BCUT2D eigenvalue weighted by Crippen LogP contribution is 2.28. The van der Waals surface area contributed by atoms with Gasteiger partial charge in [-0.25, -0.2) is 4.39 Å². The zero-order valence-corrected chi connectivity index (χ0v) is 22.9. The molecule has 0 aliphatic carbocycles. The molecule has 4 amide bonds. The van der Waals surface area contributed by atoms with Gasteiger partial charge in [0.05, 0.1) is 11.7 Å². The van der Waals surface area contributed by atoms with Crippen molar-refractivity contribution in [2.75, 3.05) is 0 Å². The topological polar surface area (TPSA) is 166 Å². The molecule has 4 atom stereocenters. The molecule has 220 valence electrons. The zero-order chi connectivity index (χ0) is 30.4. The number of hydrogen-bond acceptors (Lipinski definition) is 7. The Morgan fingerprint density at radius 1 is 1.00 bits per heavy atom. The van der Waals surface area contributed by atoms with Crippen LogP contribution in [0.5, 0.6) is 17.2 Å². The second kappa shape index (κ2) is 13.1. The van der Waals surface area contributed by atoms with Crippen molar-refractivity contribution in [2.45, 2.75) is 51.0 Å². The van der Waals surface area contributed by atoms with E-state index in [0.29, 0.717) is 11.3 Å². The molecular weight excluding hydrogens is 547 g/mol. The van der Waals surface area contributed by atoms with Gasteiger partial charge in [0, 0.05) is 18.5 Å². The third-order valence-electron chi connectivity index (χ3n) is 6.66. The quantitative estimate of drug-likeness (QED) is 0.256. The third-order valence-corrected chi connectivity index (χ3v) is 6.66. The minimum absolute atomic E-state index is 0.0610. The molecule has 3 aromatic carbocycles. The lowest BCUT2D eigenvalue weighted by Crippen LogP contribution is -2.58. The van der Waals surface area contributed by atoms with E-state index in [0.717, 1.165) is 0 Å². The van der Waals surface area contributed by atoms with Gasteiger partial charge >= 0.3 is 0 Å². The third kappa shape index (κ3) is 7.40. The van der Waals surface area contributed by atoms with Crippen molar-refractivity contribution in [2.24, 2.45) is 0 Å². The smallest absolute Gasteiger partial charge is 0.255 e. The van der Waals surface area contributed by atoms with E-state index in [1.807, 2.05) is 0 Å². The van der Waals surface area contributed by atoms with Crippen LogP contribution in [0, 0.1) is 5.82 Å². The molecule has 0 unspecified atom stereocenters. The first-order valence-corrected chi connectivity index (χ1v) is 13.2. The van der Waals surface area contributed by atoms with Crippen molar-refractivity contribution < 1.29 is 38.5 Å². The van der Waals surface area contributed by atoms with Crippen molar-refractivity contribution in [1.82, 2.24) is 21.3 Å². The van der Waals surface area contributed by atoms with Crippen LogP contribution in [0.4, 0.5) is 4.39 Å². The zero-order valence-electron chi connectivity index (χ0n) is 22.9. The molecule has 5 rings (SSSR count). The molecule has 2 aliphatic rings. The lowest BCUT2D eigenvalue weighted by atomic mass is 10.0. The maximum atomic E-state index is 14.1. The summed E-state index contributed by atoms with van der Waals surface area (Å²) in [5, 5.41) is 30.5. The number of phenolic OH excluding ortho intramolecular Hbond substituents is 1. The van der Waals surface area contributed by atoms with Gasteiger partial charge in [-0.15, -0.1) is 0 Å². The van der Waals surface area contributed by atoms with Crippen molar-refractivity contribution >= 4 is 23.6 Å². The molecule has 11 nitrogen and oxygen atoms in total. The van der Waals surface area contributed by atoms with Crippen molar-refractivity contribution in [1.29, 1.82) is 0 Å². The highest BCUT2D eigenvalue weighted by molar-refractivity contribution is 6.00. The minimum atomic E-state index is -1.48. The first-order valence-electron chi connectivity index (χ1n) is 13.2. The highest BCUT2D eigenvalue weighted by Gasteiger charge is 2.31. The number of aromatic hydroxyl groups is 1. The van der Waals surface area contributed by atoms with Gasteiger partial charge in [-0.05, 0) is 55.8 Å². The molecule has 2 aliphatic heterocycles. The number of aliphatic hydroxyl groups is 1. The van der Waals surface area contributed by atoms with Crippen LogP contribution >= 0.6 is 0 Å². The summed E-state index contributed by atoms with van der Waals surface area (Å²) in [6, 6.07) is 12.8. The van der Waals surface area contributed by atoms with E-state index in [9.17, 15) is 33.8 Å². The summed E-state index contributed by atoms with van der Waals surface area (Å²) >= 11 is 0. The van der Waals surface area contributed by atoms with Gasteiger partial charge in [0.15, 0.2) is 0 Å². The first kappa shape index (κ1) is 30.0. The predicted octanol–water partition coefficient (Wildman–Crippen LogP) is 1.66. The average molecular weight is 579 g/mol. The number of carbonyl (C=O) groups is 4. The van der Waals surface area contributed by atoms with Gasteiger partial charge in [0.2, 0.25) is 17.7 Å². The normalized spacial score (nSPS) is 20.2. The molecule has 0 saturated carbocycles. The standard InChI is InChI=1S/C30H31FN4O7/c1-16-27(38)34-24(29(40)32-15-19-5-3-4-6-23(19)31)13-18-7-9-20(10-8-18)42-21-11-12-25(37)22(14-21)28(39)35-26(17(2)36)30(41)33-16/h3-12,14,16-17,24,26,36-37H,13,15H2,1-2H3,(H,32,40)(H,33,41)(H,34,38)(H,35,39)/t16-,17+,24-,26-/m0/s1. The Morgan fingerprint density at radius 2 is 1.69 bits per heavy atom. The number of aliphatic hydroxyl groups excluding tert-OH is 1. The van der Waals surface area contributed by atoms with Gasteiger partial charge in [-0.1, -0.05) is 30.3 Å². The summed E-state index contributed by atoms with van der Waals surface area (Å²) in [4.78, 5) is 52.2. The van der Waals surface area contributed by atoms with Gasteiger partial charge in [0.1, 0.15) is 41.2 Å². The van der Waals surface area contributed by atoms with E-state index in [1.165, 1.54) is 50.2 Å². The monoisotopic (exact) mass is 578 g/mol. The van der Waals surface area contributed by atoms with Crippen LogP contribution < -0.4 is 26.0 Å². The Labute approximate surface area is 241 Å². The number of fused-ring (bicyclic) bond motifs is 11. The fourth-order valence-electron chi connectivity index (χ4n) is 4.27. The van der Waals surface area contributed by atoms with E-state index < -0.39 is 53.7 Å². The number of carbonyl (C=O) groups excluding carboxylic acids is 4. The molecule has 12 heteroatoms. The lowest BCUT2D eigenvalue weighted by molar-refractivity contribution is -0.133.